The number of ether oxygens (including phenoxy) is 1. The molecule has 0 spiro atoms. The van der Waals surface area contributed by atoms with Crippen LogP contribution in [0.25, 0.3) is 0 Å². The summed E-state index contributed by atoms with van der Waals surface area (Å²) in [7, 11) is 0. The fourth-order valence-corrected chi connectivity index (χ4v) is 3.29. The predicted molar refractivity (Wildman–Crippen MR) is 75.5 cm³/mol. The molecule has 0 aliphatic heterocycles. The van der Waals surface area contributed by atoms with Crippen LogP contribution in [0.4, 0.5) is 9.59 Å². The lowest BCUT2D eigenvalue weighted by atomic mass is 9.73. The van der Waals surface area contributed by atoms with Crippen molar-refractivity contribution in [1.82, 2.24) is 0 Å². The maximum Gasteiger partial charge on any atom is 0.516 e. The van der Waals surface area contributed by atoms with Crippen LogP contribution in [-0.4, -0.2) is 33.0 Å². The van der Waals surface area contributed by atoms with E-state index in [4.69, 9.17) is 20.7 Å². The minimum absolute atomic E-state index is 1.14. The molecule has 0 radical (unpaired) electrons. The quantitative estimate of drug-likeness (QED) is 0.243. The molecule has 0 aromatic rings. The molecule has 0 aromatic carbocycles. The van der Waals surface area contributed by atoms with Gasteiger partial charge in [-0.2, -0.15) is 0 Å². The van der Waals surface area contributed by atoms with Crippen LogP contribution in [0.15, 0.2) is 0 Å². The average molecular weight is 306 g/mol. The summed E-state index contributed by atoms with van der Waals surface area (Å²) in [5.74, 6) is 2.28. The number of carboxylic acid groups (broad SMARTS) is 2. The molecule has 0 heterocycles. The van der Waals surface area contributed by atoms with Gasteiger partial charge in [0.15, 0.2) is 0 Å². The van der Waals surface area contributed by atoms with Crippen LogP contribution in [0.3, 0.4) is 0 Å². The summed E-state index contributed by atoms with van der Waals surface area (Å²) in [4.78, 5) is 18.4. The van der Waals surface area contributed by atoms with Gasteiger partial charge in [0.25, 0.3) is 0 Å². The van der Waals surface area contributed by atoms with Crippen LogP contribution in [0.5, 0.6) is 0 Å². The van der Waals surface area contributed by atoms with E-state index in [1.54, 1.807) is 25.7 Å². The van der Waals surface area contributed by atoms with Gasteiger partial charge in [0.1, 0.15) is 0 Å². The normalized spacial score (nSPS) is 19.3. The monoisotopic (exact) mass is 306 g/mol. The molecule has 0 saturated heterocycles. The molecule has 7 heteroatoms. The zero-order valence-electron chi connectivity index (χ0n) is 12.2. The van der Waals surface area contributed by atoms with Crippen LogP contribution in [0, 0.1) is 11.8 Å². The molecular formula is C14H26O7. The highest BCUT2D eigenvalue weighted by atomic mass is 17.0. The summed E-state index contributed by atoms with van der Waals surface area (Å²) in [5.41, 5.74) is 0. The summed E-state index contributed by atoms with van der Waals surface area (Å²) in [6.45, 7) is 0. The third kappa shape index (κ3) is 10.1. The van der Waals surface area contributed by atoms with Crippen LogP contribution in [0.2, 0.25) is 0 Å². The Labute approximate surface area is 124 Å². The molecule has 2 rings (SSSR count). The van der Waals surface area contributed by atoms with Crippen molar-refractivity contribution >= 4 is 12.3 Å². The first kappa shape index (κ1) is 19.7. The van der Waals surface area contributed by atoms with Crippen molar-refractivity contribution in [2.24, 2.45) is 11.8 Å². The predicted octanol–water partition coefficient (Wildman–Crippen LogP) is 4.52. The Morgan fingerprint density at radius 2 is 0.952 bits per heavy atom. The Balaban J connectivity index is 0.000000385. The maximum absolute atomic E-state index is 9.21. The van der Waals surface area contributed by atoms with E-state index in [-0.39, 0.29) is 0 Å². The molecule has 21 heavy (non-hydrogen) atoms. The largest absolute Gasteiger partial charge is 0.516 e. The molecule has 2 aliphatic carbocycles. The lowest BCUT2D eigenvalue weighted by Crippen LogP contribution is -2.20. The van der Waals surface area contributed by atoms with E-state index in [1.165, 1.54) is 38.5 Å². The van der Waals surface area contributed by atoms with Crippen molar-refractivity contribution in [3.63, 3.8) is 0 Å². The third-order valence-corrected chi connectivity index (χ3v) is 4.14. The molecule has 0 aromatic heterocycles. The van der Waals surface area contributed by atoms with E-state index >= 15 is 0 Å². The van der Waals surface area contributed by atoms with Crippen molar-refractivity contribution < 1.29 is 35.1 Å². The first-order valence-electron chi connectivity index (χ1n) is 7.43. The molecule has 7 nitrogen and oxygen atoms in total. The Hall–Kier alpha value is -1.34. The summed E-state index contributed by atoms with van der Waals surface area (Å²) in [6, 6.07) is 0. The number of hydrogen-bond acceptors (Lipinski definition) is 5. The smallest absolute Gasteiger partial charge is 0.449 e. The first-order valence-corrected chi connectivity index (χ1v) is 7.43. The Bertz CT molecular complexity index is 253. The molecule has 2 aliphatic rings. The van der Waals surface area contributed by atoms with Gasteiger partial charge in [-0.1, -0.05) is 64.2 Å². The zero-order chi connectivity index (χ0) is 16.1. The fraction of sp³-hybridized carbons (Fsp3) is 0.857. The highest BCUT2D eigenvalue weighted by Crippen LogP contribution is 2.37. The zero-order valence-corrected chi connectivity index (χ0v) is 12.2. The number of carbonyl (C=O) groups is 2. The van der Waals surface area contributed by atoms with E-state index in [0.29, 0.717) is 0 Å². The number of rotatable bonds is 1. The van der Waals surface area contributed by atoms with Crippen LogP contribution in [-0.2, 0) is 4.74 Å². The van der Waals surface area contributed by atoms with Crippen LogP contribution in [0.1, 0.15) is 64.2 Å². The molecule has 4 N–H and O–H groups in total. The van der Waals surface area contributed by atoms with Gasteiger partial charge in [-0.3, -0.25) is 10.5 Å². The van der Waals surface area contributed by atoms with Gasteiger partial charge >= 0.3 is 12.3 Å². The van der Waals surface area contributed by atoms with Gasteiger partial charge < -0.3 is 14.9 Å². The second kappa shape index (κ2) is 12.4. The molecular weight excluding hydrogens is 280 g/mol. The van der Waals surface area contributed by atoms with Crippen molar-refractivity contribution in [2.45, 2.75) is 64.2 Å². The fourth-order valence-electron chi connectivity index (χ4n) is 3.29. The molecule has 0 bridgehead atoms. The van der Waals surface area contributed by atoms with E-state index < -0.39 is 12.3 Å². The van der Waals surface area contributed by atoms with Crippen molar-refractivity contribution in [1.29, 1.82) is 0 Å². The van der Waals surface area contributed by atoms with Gasteiger partial charge in [0, 0.05) is 0 Å². The molecule has 2 fully saturated rings. The molecule has 0 atom stereocenters. The van der Waals surface area contributed by atoms with E-state index in [1.807, 2.05) is 0 Å². The topological polar surface area (TPSA) is 124 Å². The second-order valence-corrected chi connectivity index (χ2v) is 5.43. The summed E-state index contributed by atoms with van der Waals surface area (Å²) in [5, 5.41) is 27.0. The standard InChI is InChI=1S/C12H22.C2H2O5.H2O2/c1-3-7-11(8-4-1)12-9-5-2-6-10-12;3-1(4)7-2(5)6;1-2/h11-12H,1-10H2;(H,3,4)(H,5,6);1-2H. The van der Waals surface area contributed by atoms with Gasteiger partial charge in [-0.25, -0.2) is 9.59 Å². The van der Waals surface area contributed by atoms with Gasteiger partial charge in [-0.05, 0) is 11.8 Å². The van der Waals surface area contributed by atoms with Gasteiger partial charge in [0.05, 0.1) is 0 Å². The SMILES string of the molecule is C1CCC(C2CCCCC2)CC1.O=C(O)OC(=O)O.OO. The first-order chi connectivity index (χ1) is 10.1. The van der Waals surface area contributed by atoms with Crippen molar-refractivity contribution in [2.75, 3.05) is 0 Å². The van der Waals surface area contributed by atoms with Crippen molar-refractivity contribution in [3.05, 3.63) is 0 Å². The van der Waals surface area contributed by atoms with Gasteiger partial charge in [0.2, 0.25) is 0 Å². The molecule has 0 amide bonds. The van der Waals surface area contributed by atoms with Gasteiger partial charge in [-0.15, -0.1) is 0 Å². The lowest BCUT2D eigenvalue weighted by Gasteiger charge is -2.32. The minimum Gasteiger partial charge on any atom is -0.449 e. The highest BCUT2D eigenvalue weighted by Gasteiger charge is 2.24. The Morgan fingerprint density at radius 3 is 1.14 bits per heavy atom. The molecule has 2 saturated carbocycles. The average Bonchev–Trinajstić information content (AvgIpc) is 2.50. The molecule has 124 valence electrons. The summed E-state index contributed by atoms with van der Waals surface area (Å²) in [6.07, 6.45) is 11.8. The second-order valence-electron chi connectivity index (χ2n) is 5.43. The van der Waals surface area contributed by atoms with E-state index in [2.05, 4.69) is 4.74 Å². The van der Waals surface area contributed by atoms with Crippen molar-refractivity contribution in [3.8, 4) is 0 Å². The molecule has 0 unspecified atom stereocenters. The van der Waals surface area contributed by atoms with E-state index in [9.17, 15) is 9.59 Å². The Kier molecular flexibility index (Phi) is 11.6. The summed E-state index contributed by atoms with van der Waals surface area (Å²) >= 11 is 0. The van der Waals surface area contributed by atoms with E-state index in [0.717, 1.165) is 11.8 Å². The summed E-state index contributed by atoms with van der Waals surface area (Å²) < 4.78 is 3.08. The lowest BCUT2D eigenvalue weighted by molar-refractivity contribution is -0.176. The Morgan fingerprint density at radius 1 is 0.667 bits per heavy atom. The third-order valence-electron chi connectivity index (χ3n) is 4.14. The highest BCUT2D eigenvalue weighted by molar-refractivity contribution is 5.74. The van der Waals surface area contributed by atoms with Crippen LogP contribution >= 0.6 is 0 Å². The minimum atomic E-state index is -1.81. The maximum atomic E-state index is 9.21. The van der Waals surface area contributed by atoms with Crippen LogP contribution < -0.4 is 0 Å². The number of hydrogen-bond donors (Lipinski definition) is 4.